The van der Waals surface area contributed by atoms with Gasteiger partial charge in [0, 0.05) is 12.1 Å². The molecule has 0 bridgehead atoms. The molecule has 1 N–H and O–H groups in total. The van der Waals surface area contributed by atoms with Crippen LogP contribution in [0.3, 0.4) is 0 Å². The van der Waals surface area contributed by atoms with Crippen LogP contribution in [-0.2, 0) is 0 Å². The number of nitrogens with zero attached hydrogens (tertiary/aromatic N) is 3. The number of nitro benzene ring substituents is 1. The van der Waals surface area contributed by atoms with Gasteiger partial charge in [-0.05, 0) is 30.7 Å². The highest BCUT2D eigenvalue weighted by molar-refractivity contribution is 5.53. The zero-order valence-electron chi connectivity index (χ0n) is 10.4. The molecule has 2 aromatic rings. The third-order valence-corrected chi connectivity index (χ3v) is 2.54. The monoisotopic (exact) mass is 275 g/mol. The lowest BCUT2D eigenvalue weighted by molar-refractivity contribution is -0.384. The maximum absolute atomic E-state index is 13.5. The predicted octanol–water partition coefficient (Wildman–Crippen LogP) is 4.16. The van der Waals surface area contributed by atoms with Crippen molar-refractivity contribution in [3.8, 4) is 5.75 Å². The van der Waals surface area contributed by atoms with Gasteiger partial charge in [-0.3, -0.25) is 10.1 Å². The lowest BCUT2D eigenvalue weighted by atomic mass is 10.2. The standard InChI is InChI=1S/C13H10FN3O3/c1-8-2-5-13(18)12(6-8)16-15-11-7-9(17(19)20)3-4-10(11)14/h2-7,18H,1H3. The van der Waals surface area contributed by atoms with E-state index >= 15 is 0 Å². The highest BCUT2D eigenvalue weighted by Crippen LogP contribution is 2.30. The first kappa shape index (κ1) is 13.6. The predicted molar refractivity (Wildman–Crippen MR) is 70.1 cm³/mol. The second-order valence-electron chi connectivity index (χ2n) is 4.08. The number of non-ortho nitro benzene ring substituents is 1. The molecular weight excluding hydrogens is 265 g/mol. The summed E-state index contributed by atoms with van der Waals surface area (Å²) in [5, 5.41) is 27.5. The van der Waals surface area contributed by atoms with Crippen LogP contribution in [0.15, 0.2) is 46.6 Å². The Morgan fingerprint density at radius 2 is 1.85 bits per heavy atom. The first-order valence-corrected chi connectivity index (χ1v) is 5.62. The smallest absolute Gasteiger partial charge is 0.271 e. The van der Waals surface area contributed by atoms with Gasteiger partial charge in [0.15, 0.2) is 5.82 Å². The Morgan fingerprint density at radius 1 is 1.15 bits per heavy atom. The van der Waals surface area contributed by atoms with Crippen LogP contribution in [0.2, 0.25) is 0 Å². The van der Waals surface area contributed by atoms with Crippen molar-refractivity contribution in [3.05, 3.63) is 57.9 Å². The fraction of sp³-hybridized carbons (Fsp3) is 0.0769. The van der Waals surface area contributed by atoms with Crippen LogP contribution in [0.1, 0.15) is 5.56 Å². The number of aryl methyl sites for hydroxylation is 1. The fourth-order valence-electron chi connectivity index (χ4n) is 1.51. The van der Waals surface area contributed by atoms with E-state index in [1.165, 1.54) is 6.07 Å². The summed E-state index contributed by atoms with van der Waals surface area (Å²) in [5.41, 5.74) is 0.459. The number of phenols is 1. The van der Waals surface area contributed by atoms with Gasteiger partial charge in [-0.15, -0.1) is 10.2 Å². The molecule has 0 heterocycles. The Balaban J connectivity index is 2.38. The summed E-state index contributed by atoms with van der Waals surface area (Å²) >= 11 is 0. The van der Waals surface area contributed by atoms with Crippen LogP contribution < -0.4 is 0 Å². The van der Waals surface area contributed by atoms with Crippen molar-refractivity contribution in [2.75, 3.05) is 0 Å². The molecular formula is C13H10FN3O3. The van der Waals surface area contributed by atoms with E-state index in [0.717, 1.165) is 23.8 Å². The third kappa shape index (κ3) is 2.94. The van der Waals surface area contributed by atoms with E-state index in [1.54, 1.807) is 19.1 Å². The second-order valence-corrected chi connectivity index (χ2v) is 4.08. The van der Waals surface area contributed by atoms with E-state index in [-0.39, 0.29) is 22.8 Å². The van der Waals surface area contributed by atoms with E-state index in [9.17, 15) is 19.6 Å². The summed E-state index contributed by atoms with van der Waals surface area (Å²) in [5.74, 6) is -0.836. The van der Waals surface area contributed by atoms with Gasteiger partial charge >= 0.3 is 0 Å². The van der Waals surface area contributed by atoms with Crippen molar-refractivity contribution in [3.63, 3.8) is 0 Å². The van der Waals surface area contributed by atoms with Gasteiger partial charge in [-0.25, -0.2) is 4.39 Å². The lowest BCUT2D eigenvalue weighted by Gasteiger charge is -1.99. The summed E-state index contributed by atoms with van der Waals surface area (Å²) in [6.07, 6.45) is 0. The molecule has 0 spiro atoms. The van der Waals surface area contributed by atoms with Crippen molar-refractivity contribution >= 4 is 17.1 Å². The minimum Gasteiger partial charge on any atom is -0.506 e. The highest BCUT2D eigenvalue weighted by Gasteiger charge is 2.10. The summed E-state index contributed by atoms with van der Waals surface area (Å²) in [4.78, 5) is 9.96. The molecule has 102 valence electrons. The molecule has 0 fully saturated rings. The largest absolute Gasteiger partial charge is 0.506 e. The molecule has 0 aliphatic rings. The molecule has 0 saturated heterocycles. The van der Waals surface area contributed by atoms with E-state index in [2.05, 4.69) is 10.2 Å². The summed E-state index contributed by atoms with van der Waals surface area (Å²) in [6.45, 7) is 1.80. The van der Waals surface area contributed by atoms with Gasteiger partial charge in [0.25, 0.3) is 5.69 Å². The van der Waals surface area contributed by atoms with Crippen molar-refractivity contribution in [1.29, 1.82) is 0 Å². The molecule has 0 unspecified atom stereocenters. The number of rotatable bonds is 3. The lowest BCUT2D eigenvalue weighted by Crippen LogP contribution is -1.87. The van der Waals surface area contributed by atoms with Gasteiger partial charge in [-0.1, -0.05) is 6.07 Å². The van der Waals surface area contributed by atoms with Crippen molar-refractivity contribution in [1.82, 2.24) is 0 Å². The van der Waals surface area contributed by atoms with Gasteiger partial charge in [0.2, 0.25) is 0 Å². The SMILES string of the molecule is Cc1ccc(O)c(N=Nc2cc([N+](=O)[O-])ccc2F)c1. The molecule has 2 rings (SSSR count). The average molecular weight is 275 g/mol. The number of halogens is 1. The number of benzene rings is 2. The molecule has 0 aliphatic heterocycles. The molecule has 0 aromatic heterocycles. The van der Waals surface area contributed by atoms with Crippen LogP contribution in [-0.4, -0.2) is 10.0 Å². The second kappa shape index (κ2) is 5.43. The highest BCUT2D eigenvalue weighted by atomic mass is 19.1. The van der Waals surface area contributed by atoms with Crippen LogP contribution in [0.5, 0.6) is 5.75 Å². The molecule has 7 heteroatoms. The minimum atomic E-state index is -0.730. The molecule has 0 saturated carbocycles. The first-order chi connectivity index (χ1) is 9.47. The van der Waals surface area contributed by atoms with E-state index in [1.807, 2.05) is 0 Å². The Hall–Kier alpha value is -2.83. The van der Waals surface area contributed by atoms with Crippen molar-refractivity contribution in [2.45, 2.75) is 6.92 Å². The third-order valence-electron chi connectivity index (χ3n) is 2.54. The molecule has 6 nitrogen and oxygen atoms in total. The maximum Gasteiger partial charge on any atom is 0.271 e. The summed E-state index contributed by atoms with van der Waals surface area (Å²) < 4.78 is 13.5. The summed E-state index contributed by atoms with van der Waals surface area (Å²) in [7, 11) is 0. The number of aromatic hydroxyl groups is 1. The Kier molecular flexibility index (Phi) is 3.69. The number of hydrogen-bond acceptors (Lipinski definition) is 5. The molecule has 0 amide bonds. The molecule has 0 aliphatic carbocycles. The Labute approximate surface area is 113 Å². The number of nitro groups is 1. The Bertz CT molecular complexity index is 701. The van der Waals surface area contributed by atoms with Gasteiger partial charge in [0.1, 0.15) is 17.1 Å². The Morgan fingerprint density at radius 3 is 2.55 bits per heavy atom. The summed E-state index contributed by atoms with van der Waals surface area (Å²) in [6, 6.07) is 7.65. The van der Waals surface area contributed by atoms with Gasteiger partial charge in [0.05, 0.1) is 4.92 Å². The fourth-order valence-corrected chi connectivity index (χ4v) is 1.51. The first-order valence-electron chi connectivity index (χ1n) is 5.62. The van der Waals surface area contributed by atoms with E-state index in [0.29, 0.717) is 0 Å². The topological polar surface area (TPSA) is 88.1 Å². The van der Waals surface area contributed by atoms with Gasteiger partial charge in [-0.2, -0.15) is 0 Å². The average Bonchev–Trinajstić information content (AvgIpc) is 2.41. The maximum atomic E-state index is 13.5. The molecule has 0 atom stereocenters. The molecule has 20 heavy (non-hydrogen) atoms. The number of azo groups is 1. The van der Waals surface area contributed by atoms with Crippen LogP contribution in [0, 0.1) is 22.9 Å². The zero-order valence-corrected chi connectivity index (χ0v) is 10.4. The van der Waals surface area contributed by atoms with Crippen LogP contribution in [0.25, 0.3) is 0 Å². The van der Waals surface area contributed by atoms with Crippen LogP contribution in [0.4, 0.5) is 21.5 Å². The quantitative estimate of drug-likeness (QED) is 0.518. The van der Waals surface area contributed by atoms with E-state index < -0.39 is 10.7 Å². The number of phenolic OH excluding ortho intramolecular Hbond substituents is 1. The van der Waals surface area contributed by atoms with Crippen molar-refractivity contribution < 1.29 is 14.4 Å². The normalized spacial score (nSPS) is 10.9. The van der Waals surface area contributed by atoms with Gasteiger partial charge < -0.3 is 5.11 Å². The van der Waals surface area contributed by atoms with E-state index in [4.69, 9.17) is 0 Å². The van der Waals surface area contributed by atoms with Crippen LogP contribution >= 0.6 is 0 Å². The minimum absolute atomic E-state index is 0.106. The zero-order chi connectivity index (χ0) is 14.7. The number of hydrogen-bond donors (Lipinski definition) is 1. The van der Waals surface area contributed by atoms with Crippen molar-refractivity contribution in [2.24, 2.45) is 10.2 Å². The molecule has 0 radical (unpaired) electrons. The molecule has 2 aromatic carbocycles.